The zero-order chi connectivity index (χ0) is 19.4. The van der Waals surface area contributed by atoms with Gasteiger partial charge in [-0.05, 0) is 42.0 Å². The second-order valence-corrected chi connectivity index (χ2v) is 5.70. The number of pyridine rings is 1. The first kappa shape index (κ1) is 17.8. The van der Waals surface area contributed by atoms with Crippen LogP contribution in [0.5, 0.6) is 0 Å². The highest BCUT2D eigenvalue weighted by molar-refractivity contribution is 6.09. The van der Waals surface area contributed by atoms with Gasteiger partial charge in [0.25, 0.3) is 5.91 Å². The highest BCUT2D eigenvalue weighted by atomic mass is 16.4. The molecule has 2 aromatic carbocycles. The molecule has 0 saturated carbocycles. The Morgan fingerprint density at radius 2 is 1.63 bits per heavy atom. The van der Waals surface area contributed by atoms with Gasteiger partial charge < -0.3 is 16.2 Å². The van der Waals surface area contributed by atoms with Crippen LogP contribution in [-0.2, 0) is 0 Å². The molecule has 3 rings (SSSR count). The van der Waals surface area contributed by atoms with E-state index in [9.17, 15) is 14.7 Å². The van der Waals surface area contributed by atoms with Crippen LogP contribution in [0.2, 0.25) is 0 Å². The number of carbonyl (C=O) groups is 2. The smallest absolute Gasteiger partial charge is 0.336 e. The molecule has 0 fully saturated rings. The zero-order valence-electron chi connectivity index (χ0n) is 14.1. The van der Waals surface area contributed by atoms with Crippen LogP contribution in [0.25, 0.3) is 11.1 Å². The second kappa shape index (κ2) is 7.49. The third kappa shape index (κ3) is 3.82. The first-order chi connectivity index (χ1) is 13.0. The van der Waals surface area contributed by atoms with Crippen molar-refractivity contribution in [1.82, 2.24) is 4.98 Å². The number of hydrogen-bond donors (Lipinski definition) is 4. The van der Waals surface area contributed by atoms with Gasteiger partial charge in [0.15, 0.2) is 0 Å². The Morgan fingerprint density at radius 1 is 0.963 bits per heavy atom. The van der Waals surface area contributed by atoms with Crippen molar-refractivity contribution in [2.24, 2.45) is 5.73 Å². The van der Waals surface area contributed by atoms with Crippen LogP contribution in [0.3, 0.4) is 0 Å². The predicted octanol–water partition coefficient (Wildman–Crippen LogP) is 2.98. The topological polar surface area (TPSA) is 129 Å². The van der Waals surface area contributed by atoms with Gasteiger partial charge in [0.2, 0.25) is 0 Å². The van der Waals surface area contributed by atoms with E-state index >= 15 is 0 Å². The Hall–Kier alpha value is -4.00. The quantitative estimate of drug-likeness (QED) is 0.410. The molecule has 0 aliphatic heterocycles. The van der Waals surface area contributed by atoms with Crippen molar-refractivity contribution in [2.45, 2.75) is 0 Å². The summed E-state index contributed by atoms with van der Waals surface area (Å²) in [6.07, 6.45) is 1.47. The molecule has 3 aromatic rings. The Morgan fingerprint density at radius 3 is 2.30 bits per heavy atom. The van der Waals surface area contributed by atoms with Crippen molar-refractivity contribution in [2.75, 3.05) is 5.32 Å². The van der Waals surface area contributed by atoms with Crippen LogP contribution in [-0.4, -0.2) is 27.8 Å². The molecule has 0 atom stereocenters. The summed E-state index contributed by atoms with van der Waals surface area (Å²) >= 11 is 0. The molecule has 134 valence electrons. The minimum Gasteiger partial charge on any atom is -0.478 e. The van der Waals surface area contributed by atoms with Crippen LogP contribution < -0.4 is 11.1 Å². The van der Waals surface area contributed by atoms with E-state index in [0.29, 0.717) is 22.4 Å². The molecule has 1 heterocycles. The fourth-order valence-electron chi connectivity index (χ4n) is 2.63. The number of nitrogens with one attached hydrogen (secondary N) is 2. The SMILES string of the molecule is N=C(N)c1ccc(NC(=O)c2ncccc2-c2ccccc2C(=O)O)cc1. The van der Waals surface area contributed by atoms with Crippen molar-refractivity contribution >= 4 is 23.4 Å². The summed E-state index contributed by atoms with van der Waals surface area (Å²) in [5.74, 6) is -1.62. The molecule has 0 saturated heterocycles. The largest absolute Gasteiger partial charge is 0.478 e. The van der Waals surface area contributed by atoms with E-state index in [-0.39, 0.29) is 17.1 Å². The number of aromatic nitrogens is 1. The number of benzene rings is 2. The van der Waals surface area contributed by atoms with Crippen LogP contribution in [0.4, 0.5) is 5.69 Å². The van der Waals surface area contributed by atoms with Gasteiger partial charge in [0.05, 0.1) is 5.56 Å². The molecule has 0 bridgehead atoms. The number of amides is 1. The number of carboxylic acids is 1. The summed E-state index contributed by atoms with van der Waals surface area (Å²) in [4.78, 5) is 28.4. The van der Waals surface area contributed by atoms with Crippen molar-refractivity contribution < 1.29 is 14.7 Å². The third-order valence-corrected chi connectivity index (χ3v) is 3.92. The van der Waals surface area contributed by atoms with E-state index in [1.165, 1.54) is 12.3 Å². The number of nitrogens with two attached hydrogens (primary N) is 1. The highest BCUT2D eigenvalue weighted by Crippen LogP contribution is 2.26. The average Bonchev–Trinajstić information content (AvgIpc) is 2.68. The van der Waals surface area contributed by atoms with Gasteiger partial charge in [-0.3, -0.25) is 15.2 Å². The lowest BCUT2D eigenvalue weighted by molar-refractivity contribution is 0.0697. The number of nitrogens with zero attached hydrogens (tertiary/aromatic N) is 1. The van der Waals surface area contributed by atoms with Gasteiger partial charge in [0.1, 0.15) is 11.5 Å². The molecule has 27 heavy (non-hydrogen) atoms. The van der Waals surface area contributed by atoms with E-state index in [2.05, 4.69) is 10.3 Å². The van der Waals surface area contributed by atoms with Gasteiger partial charge in [-0.1, -0.05) is 24.3 Å². The highest BCUT2D eigenvalue weighted by Gasteiger charge is 2.18. The number of amidine groups is 1. The zero-order valence-corrected chi connectivity index (χ0v) is 14.1. The van der Waals surface area contributed by atoms with E-state index in [0.717, 1.165) is 0 Å². The number of carbonyl (C=O) groups excluding carboxylic acids is 1. The lowest BCUT2D eigenvalue weighted by atomic mass is 9.98. The maximum absolute atomic E-state index is 12.7. The summed E-state index contributed by atoms with van der Waals surface area (Å²) < 4.78 is 0. The summed E-state index contributed by atoms with van der Waals surface area (Å²) in [5.41, 5.74) is 7.51. The monoisotopic (exact) mass is 360 g/mol. The Labute approximate surface area is 155 Å². The van der Waals surface area contributed by atoms with Crippen molar-refractivity contribution in [3.63, 3.8) is 0 Å². The number of hydrogen-bond acceptors (Lipinski definition) is 4. The van der Waals surface area contributed by atoms with E-state index < -0.39 is 11.9 Å². The average molecular weight is 360 g/mol. The standard InChI is InChI=1S/C20H16N4O3/c21-18(22)12-7-9-13(10-8-12)24-19(25)17-15(6-3-11-23-17)14-4-1-2-5-16(14)20(26)27/h1-11H,(H3,21,22)(H,24,25)(H,26,27). The molecule has 0 spiro atoms. The molecule has 7 heteroatoms. The van der Waals surface area contributed by atoms with Gasteiger partial charge in [0, 0.05) is 23.0 Å². The molecule has 5 N–H and O–H groups in total. The van der Waals surface area contributed by atoms with Crippen molar-refractivity contribution in [3.8, 4) is 11.1 Å². The van der Waals surface area contributed by atoms with Crippen LogP contribution in [0.1, 0.15) is 26.4 Å². The predicted molar refractivity (Wildman–Crippen MR) is 102 cm³/mol. The van der Waals surface area contributed by atoms with Gasteiger partial charge >= 0.3 is 5.97 Å². The number of nitrogen functional groups attached to an aromatic ring is 1. The van der Waals surface area contributed by atoms with Gasteiger partial charge in [-0.15, -0.1) is 0 Å². The molecular weight excluding hydrogens is 344 g/mol. The number of anilines is 1. The number of rotatable bonds is 5. The fourth-order valence-corrected chi connectivity index (χ4v) is 2.63. The summed E-state index contributed by atoms with van der Waals surface area (Å²) in [6, 6.07) is 16.2. The number of aromatic carboxylic acids is 1. The normalized spacial score (nSPS) is 10.2. The Balaban J connectivity index is 1.95. The lowest BCUT2D eigenvalue weighted by Crippen LogP contribution is -2.16. The molecule has 0 aliphatic carbocycles. The van der Waals surface area contributed by atoms with Crippen molar-refractivity contribution in [3.05, 3.63) is 83.7 Å². The van der Waals surface area contributed by atoms with E-state index in [1.807, 2.05) is 0 Å². The Bertz CT molecular complexity index is 1030. The molecular formula is C20H16N4O3. The molecule has 1 amide bonds. The van der Waals surface area contributed by atoms with Crippen LogP contribution in [0, 0.1) is 5.41 Å². The molecule has 0 aliphatic rings. The molecule has 7 nitrogen and oxygen atoms in total. The lowest BCUT2D eigenvalue weighted by Gasteiger charge is -2.11. The second-order valence-electron chi connectivity index (χ2n) is 5.70. The van der Waals surface area contributed by atoms with E-state index in [1.54, 1.807) is 54.6 Å². The Kier molecular flexibility index (Phi) is 4.94. The van der Waals surface area contributed by atoms with Crippen molar-refractivity contribution in [1.29, 1.82) is 5.41 Å². The first-order valence-corrected chi connectivity index (χ1v) is 8.01. The molecule has 0 radical (unpaired) electrons. The van der Waals surface area contributed by atoms with Crippen LogP contribution in [0.15, 0.2) is 66.9 Å². The van der Waals surface area contributed by atoms with Gasteiger partial charge in [-0.2, -0.15) is 0 Å². The van der Waals surface area contributed by atoms with Gasteiger partial charge in [-0.25, -0.2) is 4.79 Å². The van der Waals surface area contributed by atoms with Crippen LogP contribution >= 0.6 is 0 Å². The molecule has 0 unspecified atom stereocenters. The first-order valence-electron chi connectivity index (χ1n) is 8.01. The minimum atomic E-state index is -1.08. The summed E-state index contributed by atoms with van der Waals surface area (Å²) in [5, 5.41) is 19.5. The maximum Gasteiger partial charge on any atom is 0.336 e. The summed E-state index contributed by atoms with van der Waals surface area (Å²) in [7, 11) is 0. The van der Waals surface area contributed by atoms with E-state index in [4.69, 9.17) is 11.1 Å². The summed E-state index contributed by atoms with van der Waals surface area (Å²) in [6.45, 7) is 0. The fraction of sp³-hybridized carbons (Fsp3) is 0. The minimum absolute atomic E-state index is 0.0647. The molecule has 1 aromatic heterocycles. The number of carboxylic acid groups (broad SMARTS) is 1. The third-order valence-electron chi connectivity index (χ3n) is 3.92. The maximum atomic E-state index is 12.7.